The maximum Gasteiger partial charge on any atom is 0.150 e. The molecule has 0 amide bonds. The minimum absolute atomic E-state index is 0.581. The molecular formula is C41H29FN4OSi. The van der Waals surface area contributed by atoms with E-state index in [2.05, 4.69) is 69.8 Å². The molecular weight excluding hydrogens is 612 g/mol. The summed E-state index contributed by atoms with van der Waals surface area (Å²) in [5, 5.41) is 7.88. The molecule has 1 aliphatic heterocycles. The Labute approximate surface area is 276 Å². The second kappa shape index (κ2) is 9.86. The van der Waals surface area contributed by atoms with E-state index in [1.54, 1.807) is 6.20 Å². The molecule has 5 aromatic carbocycles. The number of imidazole rings is 1. The number of fused-ring (bicyclic) bond motifs is 11. The lowest BCUT2D eigenvalue weighted by Gasteiger charge is -2.40. The van der Waals surface area contributed by atoms with E-state index in [0.717, 1.165) is 66.5 Å². The molecule has 10 rings (SSSR count). The molecule has 5 nitrogen and oxygen atoms in total. The van der Waals surface area contributed by atoms with Crippen LogP contribution in [0.4, 0.5) is 21.6 Å². The van der Waals surface area contributed by atoms with Crippen LogP contribution in [0.25, 0.3) is 49.3 Å². The van der Waals surface area contributed by atoms with Crippen molar-refractivity contribution in [1.29, 1.82) is 0 Å². The van der Waals surface area contributed by atoms with E-state index in [1.807, 2.05) is 85.2 Å². The SMILES string of the molecule is C[Si]1(C)c2cc3c(cc2N(c2cccc(C(F)c4ccc5c6ccccc6n6ccnc6c5c4)c2)c2ncccc21)oc1ccccc13. The van der Waals surface area contributed by atoms with Gasteiger partial charge in [0.2, 0.25) is 0 Å². The summed E-state index contributed by atoms with van der Waals surface area (Å²) in [5.74, 6) is 0.893. The summed E-state index contributed by atoms with van der Waals surface area (Å²) in [6.45, 7) is 4.76. The van der Waals surface area contributed by atoms with E-state index >= 15 is 4.39 Å². The molecule has 1 unspecified atom stereocenters. The van der Waals surface area contributed by atoms with Crippen molar-refractivity contribution in [3.05, 3.63) is 145 Å². The van der Waals surface area contributed by atoms with Gasteiger partial charge in [-0.15, -0.1) is 0 Å². The Balaban J connectivity index is 1.14. The molecule has 48 heavy (non-hydrogen) atoms. The number of para-hydroxylation sites is 2. The Hall–Kier alpha value is -5.79. The molecule has 4 aromatic heterocycles. The highest BCUT2D eigenvalue weighted by molar-refractivity contribution is 7.02. The second-order valence-electron chi connectivity index (χ2n) is 13.2. The first-order chi connectivity index (χ1) is 23.5. The Morgan fingerprint density at radius 3 is 2.40 bits per heavy atom. The van der Waals surface area contributed by atoms with Gasteiger partial charge in [-0.3, -0.25) is 9.30 Å². The standard InChI is InChI=1S/C41H29FN4OSi/c1-48(2)37-15-8-18-43-41(37)46(34-24-36-31(23-38(34)48)30-12-4-6-14-35(30)47-36)27-10-7-9-25(21-27)39(42)26-16-17-28-29-11-3-5-13-33(29)45-20-19-44-40(45)32(28)22-26/h3-24,39H,1-2H3. The Kier molecular flexibility index (Phi) is 5.61. The van der Waals surface area contributed by atoms with Crippen molar-refractivity contribution in [1.82, 2.24) is 14.4 Å². The lowest BCUT2D eigenvalue weighted by molar-refractivity contribution is 0.402. The van der Waals surface area contributed by atoms with Gasteiger partial charge in [-0.25, -0.2) is 14.4 Å². The van der Waals surface area contributed by atoms with Gasteiger partial charge in [0.05, 0.1) is 11.2 Å². The number of aromatic nitrogens is 3. The Morgan fingerprint density at radius 1 is 0.646 bits per heavy atom. The van der Waals surface area contributed by atoms with Crippen molar-refractivity contribution in [2.75, 3.05) is 4.90 Å². The van der Waals surface area contributed by atoms with Crippen LogP contribution in [0.1, 0.15) is 17.3 Å². The van der Waals surface area contributed by atoms with Gasteiger partial charge >= 0.3 is 0 Å². The van der Waals surface area contributed by atoms with Crippen LogP contribution in [-0.2, 0) is 0 Å². The molecule has 1 aliphatic rings. The first-order valence-electron chi connectivity index (χ1n) is 16.2. The lowest BCUT2D eigenvalue weighted by Crippen LogP contribution is -2.58. The monoisotopic (exact) mass is 640 g/mol. The number of rotatable bonds is 3. The Bertz CT molecular complexity index is 2760. The molecule has 0 radical (unpaired) electrons. The van der Waals surface area contributed by atoms with Crippen molar-refractivity contribution in [2.45, 2.75) is 19.3 Å². The predicted molar refractivity (Wildman–Crippen MR) is 196 cm³/mol. The fourth-order valence-corrected chi connectivity index (χ4v) is 10.7. The van der Waals surface area contributed by atoms with E-state index in [4.69, 9.17) is 9.40 Å². The van der Waals surface area contributed by atoms with Gasteiger partial charge in [0, 0.05) is 51.9 Å². The van der Waals surface area contributed by atoms with Gasteiger partial charge in [0.1, 0.15) is 30.7 Å². The molecule has 230 valence electrons. The van der Waals surface area contributed by atoms with Gasteiger partial charge in [0.15, 0.2) is 6.17 Å². The van der Waals surface area contributed by atoms with Crippen LogP contribution in [0.2, 0.25) is 13.1 Å². The van der Waals surface area contributed by atoms with Gasteiger partial charge < -0.3 is 4.42 Å². The van der Waals surface area contributed by atoms with Gasteiger partial charge in [-0.2, -0.15) is 0 Å². The van der Waals surface area contributed by atoms with E-state index < -0.39 is 14.2 Å². The number of hydrogen-bond acceptors (Lipinski definition) is 4. The molecule has 7 heteroatoms. The van der Waals surface area contributed by atoms with Crippen LogP contribution in [-0.4, -0.2) is 22.4 Å². The van der Waals surface area contributed by atoms with E-state index in [9.17, 15) is 0 Å². The van der Waals surface area contributed by atoms with Crippen molar-refractivity contribution >= 4 is 84.9 Å². The summed E-state index contributed by atoms with van der Waals surface area (Å²) in [6, 6.07) is 38.9. The third-order valence-corrected chi connectivity index (χ3v) is 13.7. The van der Waals surface area contributed by atoms with Crippen molar-refractivity contribution in [3.63, 3.8) is 0 Å². The highest BCUT2D eigenvalue weighted by Crippen LogP contribution is 2.42. The second-order valence-corrected chi connectivity index (χ2v) is 17.5. The minimum Gasteiger partial charge on any atom is -0.456 e. The van der Waals surface area contributed by atoms with Gasteiger partial charge in [-0.1, -0.05) is 79.8 Å². The molecule has 9 aromatic rings. The molecule has 0 saturated heterocycles. The molecule has 0 bridgehead atoms. The molecule has 0 N–H and O–H groups in total. The summed E-state index contributed by atoms with van der Waals surface area (Å²) in [7, 11) is -2.16. The van der Waals surface area contributed by atoms with E-state index in [-0.39, 0.29) is 0 Å². The van der Waals surface area contributed by atoms with Crippen molar-refractivity contribution in [2.24, 2.45) is 0 Å². The normalized spacial score (nSPS) is 14.6. The number of benzene rings is 5. The quantitative estimate of drug-likeness (QED) is 0.143. The summed E-state index contributed by atoms with van der Waals surface area (Å²) < 4.78 is 25.2. The minimum atomic E-state index is -2.16. The fraction of sp³-hybridized carbons (Fsp3) is 0.0732. The fourth-order valence-electron chi connectivity index (χ4n) is 7.79. The summed E-state index contributed by atoms with van der Waals surface area (Å²) in [4.78, 5) is 11.8. The molecule has 1 atom stereocenters. The van der Waals surface area contributed by atoms with Crippen LogP contribution in [0.15, 0.2) is 138 Å². The number of furan rings is 1. The molecule has 0 aliphatic carbocycles. The number of hydrogen-bond donors (Lipinski definition) is 0. The van der Waals surface area contributed by atoms with Crippen LogP contribution >= 0.6 is 0 Å². The number of alkyl halides is 1. The number of halogens is 1. The van der Waals surface area contributed by atoms with Crippen LogP contribution in [0.5, 0.6) is 0 Å². The van der Waals surface area contributed by atoms with Crippen molar-refractivity contribution < 1.29 is 8.81 Å². The summed E-state index contributed by atoms with van der Waals surface area (Å²) >= 11 is 0. The molecule has 0 saturated carbocycles. The maximum atomic E-state index is 16.8. The summed E-state index contributed by atoms with van der Waals surface area (Å²) in [5.41, 5.74) is 6.68. The zero-order valence-corrected chi connectivity index (χ0v) is 27.4. The van der Waals surface area contributed by atoms with Crippen molar-refractivity contribution in [3.8, 4) is 0 Å². The third kappa shape index (κ3) is 3.76. The smallest absolute Gasteiger partial charge is 0.150 e. The van der Waals surface area contributed by atoms with Crippen LogP contribution < -0.4 is 15.3 Å². The third-order valence-electron chi connectivity index (χ3n) is 10.2. The molecule has 0 spiro atoms. The highest BCUT2D eigenvalue weighted by Gasteiger charge is 2.40. The highest BCUT2D eigenvalue weighted by atomic mass is 28.3. The maximum absolute atomic E-state index is 16.8. The number of nitrogens with zero attached hydrogens (tertiary/aromatic N) is 4. The first-order valence-corrected chi connectivity index (χ1v) is 19.2. The lowest BCUT2D eigenvalue weighted by atomic mass is 9.97. The van der Waals surface area contributed by atoms with Gasteiger partial charge in [0.25, 0.3) is 0 Å². The summed E-state index contributed by atoms with van der Waals surface area (Å²) in [6.07, 6.45) is 4.27. The zero-order valence-electron chi connectivity index (χ0n) is 26.4. The number of pyridine rings is 2. The molecule has 0 fully saturated rings. The Morgan fingerprint density at radius 2 is 1.48 bits per heavy atom. The van der Waals surface area contributed by atoms with E-state index in [1.165, 1.54) is 10.4 Å². The number of anilines is 3. The zero-order chi connectivity index (χ0) is 32.1. The molecule has 5 heterocycles. The van der Waals surface area contributed by atoms with Crippen LogP contribution in [0, 0.1) is 0 Å². The van der Waals surface area contributed by atoms with Gasteiger partial charge in [-0.05, 0) is 69.4 Å². The average molecular weight is 641 g/mol. The topological polar surface area (TPSA) is 46.6 Å². The predicted octanol–water partition coefficient (Wildman–Crippen LogP) is 9.60. The van der Waals surface area contributed by atoms with Crippen LogP contribution in [0.3, 0.4) is 0 Å². The first kappa shape index (κ1) is 27.3. The average Bonchev–Trinajstić information content (AvgIpc) is 3.76. The van der Waals surface area contributed by atoms with E-state index in [0.29, 0.717) is 11.1 Å². The largest absolute Gasteiger partial charge is 0.456 e.